The highest BCUT2D eigenvalue weighted by atomic mass is 79.9. The number of hydrogen-bond donors (Lipinski definition) is 1. The predicted octanol–water partition coefficient (Wildman–Crippen LogP) is 2.54. The zero-order chi connectivity index (χ0) is 12.5. The standard InChI is InChI=1S/C13H17BrO3/c1-16-11-7-13(15,8-11)6-9-5-10(14)3-4-12(9)17-2/h3-5,11,15H,6-8H2,1-2H3. The van der Waals surface area contributed by atoms with Crippen LogP contribution in [0.2, 0.25) is 0 Å². The predicted molar refractivity (Wildman–Crippen MR) is 69.4 cm³/mol. The van der Waals surface area contributed by atoms with Gasteiger partial charge in [-0.15, -0.1) is 0 Å². The molecule has 3 nitrogen and oxygen atoms in total. The summed E-state index contributed by atoms with van der Waals surface area (Å²) in [6.07, 6.45) is 2.19. The number of benzene rings is 1. The van der Waals surface area contributed by atoms with Gasteiger partial charge in [-0.05, 0) is 23.8 Å². The van der Waals surface area contributed by atoms with Crippen LogP contribution >= 0.6 is 15.9 Å². The van der Waals surface area contributed by atoms with Crippen LogP contribution in [-0.4, -0.2) is 31.0 Å². The van der Waals surface area contributed by atoms with Gasteiger partial charge < -0.3 is 14.6 Å². The Bertz CT molecular complexity index is 400. The van der Waals surface area contributed by atoms with Crippen molar-refractivity contribution in [2.75, 3.05) is 14.2 Å². The van der Waals surface area contributed by atoms with Crippen molar-refractivity contribution in [2.24, 2.45) is 0 Å². The third-order valence-corrected chi connectivity index (χ3v) is 3.80. The molecule has 0 atom stereocenters. The number of methoxy groups -OCH3 is 2. The first kappa shape index (κ1) is 12.9. The van der Waals surface area contributed by atoms with Crippen molar-refractivity contribution in [3.05, 3.63) is 28.2 Å². The number of rotatable bonds is 4. The second-order valence-corrected chi connectivity index (χ2v) is 5.54. The molecule has 1 aromatic rings. The summed E-state index contributed by atoms with van der Waals surface area (Å²) in [4.78, 5) is 0. The Morgan fingerprint density at radius 2 is 2.12 bits per heavy atom. The van der Waals surface area contributed by atoms with Crippen LogP contribution in [0.3, 0.4) is 0 Å². The van der Waals surface area contributed by atoms with E-state index >= 15 is 0 Å². The molecule has 94 valence electrons. The molecular weight excluding hydrogens is 284 g/mol. The van der Waals surface area contributed by atoms with Gasteiger partial charge in [0.15, 0.2) is 0 Å². The molecule has 0 aromatic heterocycles. The molecule has 0 bridgehead atoms. The monoisotopic (exact) mass is 300 g/mol. The minimum Gasteiger partial charge on any atom is -0.496 e. The average molecular weight is 301 g/mol. The van der Waals surface area contributed by atoms with Crippen LogP contribution in [0.1, 0.15) is 18.4 Å². The van der Waals surface area contributed by atoms with Gasteiger partial charge in [-0.2, -0.15) is 0 Å². The average Bonchev–Trinajstić information content (AvgIpc) is 2.26. The summed E-state index contributed by atoms with van der Waals surface area (Å²) >= 11 is 3.44. The minimum atomic E-state index is -0.644. The molecular formula is C13H17BrO3. The maximum absolute atomic E-state index is 10.3. The fourth-order valence-electron chi connectivity index (χ4n) is 2.34. The first-order chi connectivity index (χ1) is 8.06. The molecule has 17 heavy (non-hydrogen) atoms. The Balaban J connectivity index is 2.11. The SMILES string of the molecule is COc1ccc(Br)cc1CC1(O)CC(OC)C1. The van der Waals surface area contributed by atoms with Crippen molar-refractivity contribution in [3.8, 4) is 5.75 Å². The van der Waals surface area contributed by atoms with E-state index in [9.17, 15) is 5.11 Å². The molecule has 1 N–H and O–H groups in total. The fourth-order valence-corrected chi connectivity index (χ4v) is 2.75. The molecule has 0 heterocycles. The lowest BCUT2D eigenvalue weighted by atomic mass is 9.73. The molecule has 4 heteroatoms. The van der Waals surface area contributed by atoms with Crippen molar-refractivity contribution in [3.63, 3.8) is 0 Å². The molecule has 0 aliphatic heterocycles. The molecule has 0 saturated heterocycles. The Morgan fingerprint density at radius 3 is 2.71 bits per heavy atom. The van der Waals surface area contributed by atoms with Crippen molar-refractivity contribution < 1.29 is 14.6 Å². The van der Waals surface area contributed by atoms with Crippen LogP contribution in [0.25, 0.3) is 0 Å². The number of hydrogen-bond acceptors (Lipinski definition) is 3. The van der Waals surface area contributed by atoms with Gasteiger partial charge in [0.25, 0.3) is 0 Å². The Kier molecular flexibility index (Phi) is 3.76. The summed E-state index contributed by atoms with van der Waals surface area (Å²) in [5.74, 6) is 0.822. The number of aliphatic hydroxyl groups is 1. The third kappa shape index (κ3) is 2.81. The normalized spacial score (nSPS) is 27.6. The van der Waals surface area contributed by atoms with Gasteiger partial charge in [-0.1, -0.05) is 15.9 Å². The maximum atomic E-state index is 10.3. The zero-order valence-electron chi connectivity index (χ0n) is 10.1. The molecule has 0 radical (unpaired) electrons. The smallest absolute Gasteiger partial charge is 0.122 e. The van der Waals surface area contributed by atoms with Crippen LogP contribution < -0.4 is 4.74 Å². The highest BCUT2D eigenvalue weighted by molar-refractivity contribution is 9.10. The molecule has 0 spiro atoms. The van der Waals surface area contributed by atoms with Gasteiger partial charge in [0, 0.05) is 30.8 Å². The van der Waals surface area contributed by atoms with E-state index in [2.05, 4.69) is 15.9 Å². The number of halogens is 1. The van der Waals surface area contributed by atoms with Gasteiger partial charge in [0.1, 0.15) is 5.75 Å². The third-order valence-electron chi connectivity index (χ3n) is 3.31. The molecule has 1 saturated carbocycles. The Labute approximate surface area is 110 Å². The summed E-state index contributed by atoms with van der Waals surface area (Å²) < 4.78 is 11.5. The van der Waals surface area contributed by atoms with Crippen molar-refractivity contribution in [2.45, 2.75) is 31.0 Å². The van der Waals surface area contributed by atoms with Crippen molar-refractivity contribution in [1.82, 2.24) is 0 Å². The van der Waals surface area contributed by atoms with Gasteiger partial charge >= 0.3 is 0 Å². The van der Waals surface area contributed by atoms with Crippen molar-refractivity contribution >= 4 is 15.9 Å². The van der Waals surface area contributed by atoms with Gasteiger partial charge in [0.2, 0.25) is 0 Å². The molecule has 1 aliphatic carbocycles. The van der Waals surface area contributed by atoms with Gasteiger partial charge in [0.05, 0.1) is 18.8 Å². The quantitative estimate of drug-likeness (QED) is 0.929. The lowest BCUT2D eigenvalue weighted by Crippen LogP contribution is -2.49. The summed E-state index contributed by atoms with van der Waals surface area (Å²) in [6, 6.07) is 5.84. The fraction of sp³-hybridized carbons (Fsp3) is 0.538. The van der Waals surface area contributed by atoms with E-state index in [1.165, 1.54) is 0 Å². The molecule has 1 aromatic carbocycles. The van der Waals surface area contributed by atoms with E-state index in [1.807, 2.05) is 18.2 Å². The number of ether oxygens (including phenoxy) is 2. The van der Waals surface area contributed by atoms with E-state index < -0.39 is 5.60 Å². The molecule has 0 amide bonds. The first-order valence-corrected chi connectivity index (χ1v) is 6.43. The highest BCUT2D eigenvalue weighted by Crippen LogP contribution is 2.39. The van der Waals surface area contributed by atoms with Gasteiger partial charge in [-0.25, -0.2) is 0 Å². The van der Waals surface area contributed by atoms with E-state index in [1.54, 1.807) is 14.2 Å². The molecule has 0 unspecified atom stereocenters. The summed E-state index contributed by atoms with van der Waals surface area (Å²) in [7, 11) is 3.33. The van der Waals surface area contributed by atoms with Crippen LogP contribution in [0, 0.1) is 0 Å². The van der Waals surface area contributed by atoms with Crippen LogP contribution in [0.5, 0.6) is 5.75 Å². The van der Waals surface area contributed by atoms with Crippen molar-refractivity contribution in [1.29, 1.82) is 0 Å². The first-order valence-electron chi connectivity index (χ1n) is 5.64. The zero-order valence-corrected chi connectivity index (χ0v) is 11.7. The summed E-state index contributed by atoms with van der Waals surface area (Å²) in [5, 5.41) is 10.3. The lowest BCUT2D eigenvalue weighted by molar-refractivity contribution is -0.126. The highest BCUT2D eigenvalue weighted by Gasteiger charge is 2.43. The second-order valence-electron chi connectivity index (χ2n) is 4.62. The molecule has 2 rings (SSSR count). The summed E-state index contributed by atoms with van der Waals surface area (Å²) in [5.41, 5.74) is 0.383. The topological polar surface area (TPSA) is 38.7 Å². The summed E-state index contributed by atoms with van der Waals surface area (Å²) in [6.45, 7) is 0. The van der Waals surface area contributed by atoms with Crippen LogP contribution in [0.4, 0.5) is 0 Å². The van der Waals surface area contributed by atoms with Gasteiger partial charge in [-0.3, -0.25) is 0 Å². The van der Waals surface area contributed by atoms with E-state index in [0.29, 0.717) is 19.3 Å². The van der Waals surface area contributed by atoms with E-state index in [0.717, 1.165) is 15.8 Å². The molecule has 1 fully saturated rings. The lowest BCUT2D eigenvalue weighted by Gasteiger charge is -2.43. The minimum absolute atomic E-state index is 0.193. The van der Waals surface area contributed by atoms with Crippen LogP contribution in [-0.2, 0) is 11.2 Å². The van der Waals surface area contributed by atoms with E-state index in [-0.39, 0.29) is 6.10 Å². The second kappa shape index (κ2) is 4.96. The van der Waals surface area contributed by atoms with E-state index in [4.69, 9.17) is 9.47 Å². The Morgan fingerprint density at radius 1 is 1.41 bits per heavy atom. The van der Waals surface area contributed by atoms with Crippen LogP contribution in [0.15, 0.2) is 22.7 Å². The molecule has 1 aliphatic rings. The Hall–Kier alpha value is -0.580. The maximum Gasteiger partial charge on any atom is 0.122 e. The largest absolute Gasteiger partial charge is 0.496 e.